The first kappa shape index (κ1) is 17.4. The zero-order valence-electron chi connectivity index (χ0n) is 13.7. The molecule has 122 valence electrons. The molecule has 0 aromatic heterocycles. The number of carbonyl (C=O) groups excluding carboxylic acids is 1. The van der Waals surface area contributed by atoms with Gasteiger partial charge in [-0.1, -0.05) is 44.2 Å². The van der Waals surface area contributed by atoms with Crippen molar-refractivity contribution < 1.29 is 9.90 Å². The van der Waals surface area contributed by atoms with E-state index < -0.39 is 6.10 Å². The van der Waals surface area contributed by atoms with Gasteiger partial charge in [-0.25, -0.2) is 0 Å². The molecule has 0 saturated carbocycles. The first-order valence-electron chi connectivity index (χ1n) is 8.10. The average molecular weight is 321 g/mol. The Bertz CT molecular complexity index is 469. The van der Waals surface area contributed by atoms with Crippen molar-refractivity contribution in [3.05, 3.63) is 35.9 Å². The van der Waals surface area contributed by atoms with Crippen LogP contribution in [0.15, 0.2) is 30.3 Å². The molecule has 1 aromatic carbocycles. The monoisotopic (exact) mass is 321 g/mol. The molecule has 22 heavy (non-hydrogen) atoms. The van der Waals surface area contributed by atoms with Gasteiger partial charge in [0.2, 0.25) is 5.91 Å². The maximum absolute atomic E-state index is 12.6. The first-order valence-corrected chi connectivity index (χ1v) is 9.15. The van der Waals surface area contributed by atoms with E-state index in [1.54, 1.807) is 11.8 Å². The number of likely N-dealkylation sites (tertiary alicyclic amines) is 1. The van der Waals surface area contributed by atoms with Crippen molar-refractivity contribution in [3.63, 3.8) is 0 Å². The van der Waals surface area contributed by atoms with Gasteiger partial charge in [-0.3, -0.25) is 4.79 Å². The smallest absolute Gasteiger partial charge is 0.235 e. The summed E-state index contributed by atoms with van der Waals surface area (Å²) in [6, 6.07) is 9.63. The van der Waals surface area contributed by atoms with Crippen LogP contribution in [0.4, 0.5) is 0 Å². The third kappa shape index (κ3) is 4.75. The number of rotatable bonds is 5. The molecule has 1 saturated heterocycles. The Morgan fingerprint density at radius 2 is 1.86 bits per heavy atom. The van der Waals surface area contributed by atoms with E-state index >= 15 is 0 Å². The van der Waals surface area contributed by atoms with Gasteiger partial charge in [0.25, 0.3) is 0 Å². The lowest BCUT2D eigenvalue weighted by Crippen LogP contribution is -2.45. The minimum Gasteiger partial charge on any atom is -0.388 e. The van der Waals surface area contributed by atoms with Crippen LogP contribution in [0.1, 0.15) is 38.9 Å². The highest BCUT2D eigenvalue weighted by molar-refractivity contribution is 8.00. The topological polar surface area (TPSA) is 40.5 Å². The van der Waals surface area contributed by atoms with E-state index in [0.29, 0.717) is 17.6 Å². The fraction of sp³-hybridized carbons (Fsp3) is 0.611. The minimum absolute atomic E-state index is 0.101. The van der Waals surface area contributed by atoms with Crippen molar-refractivity contribution in [3.8, 4) is 0 Å². The number of benzene rings is 1. The number of aliphatic hydroxyl groups excluding tert-OH is 1. The second-order valence-corrected chi connectivity index (χ2v) is 7.97. The molecule has 1 amide bonds. The first-order chi connectivity index (χ1) is 10.5. The van der Waals surface area contributed by atoms with Crippen LogP contribution >= 0.6 is 11.8 Å². The molecule has 4 heteroatoms. The lowest BCUT2D eigenvalue weighted by molar-refractivity contribution is -0.132. The van der Waals surface area contributed by atoms with Gasteiger partial charge in [0.1, 0.15) is 0 Å². The van der Waals surface area contributed by atoms with Crippen LogP contribution in [0.3, 0.4) is 0 Å². The average Bonchev–Trinajstić information content (AvgIpc) is 2.51. The lowest BCUT2D eigenvalue weighted by Gasteiger charge is -2.36. The summed E-state index contributed by atoms with van der Waals surface area (Å²) in [5.41, 5.74) is 0.912. The Morgan fingerprint density at radius 1 is 1.27 bits per heavy atom. The Hall–Kier alpha value is -1.00. The number of piperidine rings is 1. The van der Waals surface area contributed by atoms with Crippen LogP contribution in [0.25, 0.3) is 0 Å². The number of thioether (sulfide) groups is 1. The molecular weight excluding hydrogens is 294 g/mol. The summed E-state index contributed by atoms with van der Waals surface area (Å²) in [6.07, 6.45) is 0.693. The Balaban J connectivity index is 1.83. The molecule has 1 N–H and O–H groups in total. The summed E-state index contributed by atoms with van der Waals surface area (Å²) in [5.74, 6) is 1.93. The number of hydrogen-bond donors (Lipinski definition) is 1. The van der Waals surface area contributed by atoms with Crippen LogP contribution < -0.4 is 0 Å². The normalized spacial score (nSPS) is 24.8. The Labute approximate surface area is 138 Å². The van der Waals surface area contributed by atoms with Crippen molar-refractivity contribution in [2.24, 2.45) is 11.8 Å². The molecular formula is C18H27NO2S. The molecule has 4 atom stereocenters. The van der Waals surface area contributed by atoms with Gasteiger partial charge in [0, 0.05) is 18.8 Å². The van der Waals surface area contributed by atoms with E-state index in [4.69, 9.17) is 0 Å². The van der Waals surface area contributed by atoms with Crippen LogP contribution in [0, 0.1) is 11.8 Å². The van der Waals surface area contributed by atoms with Gasteiger partial charge in [-0.15, -0.1) is 11.8 Å². The predicted molar refractivity (Wildman–Crippen MR) is 92.8 cm³/mol. The van der Waals surface area contributed by atoms with Crippen molar-refractivity contribution in [2.45, 2.75) is 38.5 Å². The molecule has 1 fully saturated rings. The molecule has 3 nitrogen and oxygen atoms in total. The number of hydrogen-bond acceptors (Lipinski definition) is 3. The lowest BCUT2D eigenvalue weighted by atomic mass is 9.92. The van der Waals surface area contributed by atoms with E-state index in [1.807, 2.05) is 42.2 Å². The number of carbonyl (C=O) groups is 1. The SMILES string of the molecule is CC1CC(C)CN(C(=O)C(C)SCC(O)c2ccccc2)C1. The highest BCUT2D eigenvalue weighted by Gasteiger charge is 2.28. The second kappa shape index (κ2) is 8.02. The summed E-state index contributed by atoms with van der Waals surface area (Å²) in [6.45, 7) is 8.12. The zero-order valence-corrected chi connectivity index (χ0v) is 14.6. The van der Waals surface area contributed by atoms with Gasteiger partial charge < -0.3 is 10.0 Å². The molecule has 0 aliphatic carbocycles. The molecule has 1 aliphatic rings. The molecule has 4 unspecified atom stereocenters. The quantitative estimate of drug-likeness (QED) is 0.904. The van der Waals surface area contributed by atoms with E-state index in [-0.39, 0.29) is 11.2 Å². The minimum atomic E-state index is -0.513. The molecule has 0 spiro atoms. The maximum Gasteiger partial charge on any atom is 0.235 e. The number of aliphatic hydroxyl groups is 1. The van der Waals surface area contributed by atoms with Crippen LogP contribution in [0.2, 0.25) is 0 Å². The molecule has 0 bridgehead atoms. The van der Waals surface area contributed by atoms with Crippen LogP contribution in [0.5, 0.6) is 0 Å². The molecule has 1 aliphatic heterocycles. The van der Waals surface area contributed by atoms with Crippen molar-refractivity contribution in [1.82, 2.24) is 4.90 Å². The van der Waals surface area contributed by atoms with Crippen LogP contribution in [-0.2, 0) is 4.79 Å². The highest BCUT2D eigenvalue weighted by Crippen LogP contribution is 2.26. The summed E-state index contributed by atoms with van der Waals surface area (Å²) >= 11 is 1.54. The van der Waals surface area contributed by atoms with E-state index in [9.17, 15) is 9.90 Å². The van der Waals surface area contributed by atoms with Gasteiger partial charge in [-0.2, -0.15) is 0 Å². The molecule has 2 rings (SSSR count). The number of nitrogens with zero attached hydrogens (tertiary/aromatic N) is 1. The van der Waals surface area contributed by atoms with E-state index in [1.165, 1.54) is 6.42 Å². The van der Waals surface area contributed by atoms with E-state index in [0.717, 1.165) is 18.7 Å². The van der Waals surface area contributed by atoms with Gasteiger partial charge >= 0.3 is 0 Å². The second-order valence-electron chi connectivity index (χ2n) is 6.59. The zero-order chi connectivity index (χ0) is 16.1. The third-order valence-corrected chi connectivity index (χ3v) is 5.43. The summed E-state index contributed by atoms with van der Waals surface area (Å²) in [4.78, 5) is 14.6. The summed E-state index contributed by atoms with van der Waals surface area (Å²) < 4.78 is 0. The summed E-state index contributed by atoms with van der Waals surface area (Å²) in [5, 5.41) is 10.1. The number of amides is 1. The van der Waals surface area contributed by atoms with E-state index in [2.05, 4.69) is 13.8 Å². The largest absolute Gasteiger partial charge is 0.388 e. The van der Waals surface area contributed by atoms with Crippen molar-refractivity contribution in [2.75, 3.05) is 18.8 Å². The maximum atomic E-state index is 12.6. The molecule has 1 heterocycles. The molecule has 0 radical (unpaired) electrons. The van der Waals surface area contributed by atoms with Gasteiger partial charge in [0.05, 0.1) is 11.4 Å². The Morgan fingerprint density at radius 3 is 2.45 bits per heavy atom. The van der Waals surface area contributed by atoms with Crippen LogP contribution in [-0.4, -0.2) is 40.0 Å². The highest BCUT2D eigenvalue weighted by atomic mass is 32.2. The predicted octanol–water partition coefficient (Wildman–Crippen LogP) is 3.35. The molecule has 1 aromatic rings. The van der Waals surface area contributed by atoms with Gasteiger partial charge in [0.15, 0.2) is 0 Å². The Kier molecular flexibility index (Phi) is 6.33. The van der Waals surface area contributed by atoms with Crippen molar-refractivity contribution in [1.29, 1.82) is 0 Å². The standard InChI is InChI=1S/C18H27NO2S/c1-13-9-14(2)11-19(10-13)18(21)15(3)22-12-17(20)16-7-5-4-6-8-16/h4-8,13-15,17,20H,9-12H2,1-3H3. The fourth-order valence-corrected chi connectivity index (χ4v) is 4.13. The third-order valence-electron chi connectivity index (χ3n) is 4.22. The van der Waals surface area contributed by atoms with Gasteiger partial charge in [-0.05, 0) is 30.7 Å². The fourth-order valence-electron chi connectivity index (χ4n) is 3.18. The van der Waals surface area contributed by atoms with Crippen molar-refractivity contribution >= 4 is 17.7 Å². The summed E-state index contributed by atoms with van der Waals surface area (Å²) in [7, 11) is 0.